The molecule has 0 saturated carbocycles. The molecule has 1 aromatic heterocycles. The number of hydrogen-bond acceptors (Lipinski definition) is 4. The van der Waals surface area contributed by atoms with Crippen LogP contribution < -0.4 is 0 Å². The Hall–Kier alpha value is -7.48. The minimum atomic E-state index is 0.600. The topological polar surface area (TPSA) is 62.5 Å². The lowest BCUT2D eigenvalue weighted by Gasteiger charge is -2.14. The van der Waals surface area contributed by atoms with E-state index in [2.05, 4.69) is 140 Å². The normalized spacial score (nSPS) is 10.9. The summed E-state index contributed by atoms with van der Waals surface area (Å²) in [6.07, 6.45) is 0. The van der Waals surface area contributed by atoms with Crippen molar-refractivity contribution in [3.8, 4) is 84.7 Å². The van der Waals surface area contributed by atoms with E-state index in [4.69, 9.17) is 15.0 Å². The van der Waals surface area contributed by atoms with Crippen molar-refractivity contribution in [2.24, 2.45) is 0 Å². The lowest BCUT2D eigenvalue weighted by molar-refractivity contribution is 1.07. The van der Waals surface area contributed by atoms with Crippen molar-refractivity contribution >= 4 is 10.8 Å². The second kappa shape index (κ2) is 14.3. The molecule has 54 heavy (non-hydrogen) atoms. The highest BCUT2D eigenvalue weighted by Crippen LogP contribution is 2.37. The van der Waals surface area contributed by atoms with Crippen molar-refractivity contribution in [3.63, 3.8) is 0 Å². The molecule has 0 aliphatic carbocycles. The summed E-state index contributed by atoms with van der Waals surface area (Å²) in [5, 5.41) is 11.6. The van der Waals surface area contributed by atoms with Gasteiger partial charge in [-0.15, -0.1) is 0 Å². The first kappa shape index (κ1) is 32.4. The largest absolute Gasteiger partial charge is 0.208 e. The fourth-order valence-electron chi connectivity index (χ4n) is 6.94. The van der Waals surface area contributed by atoms with Crippen molar-refractivity contribution < 1.29 is 0 Å². The summed E-state index contributed by atoms with van der Waals surface area (Å²) in [5.74, 6) is 1.83. The molecule has 252 valence electrons. The van der Waals surface area contributed by atoms with Crippen LogP contribution in [0.3, 0.4) is 0 Å². The Morgan fingerprint density at radius 2 is 0.722 bits per heavy atom. The highest BCUT2D eigenvalue weighted by Gasteiger charge is 2.16. The van der Waals surface area contributed by atoms with E-state index in [0.29, 0.717) is 23.0 Å². The smallest absolute Gasteiger partial charge is 0.164 e. The van der Waals surface area contributed by atoms with E-state index in [-0.39, 0.29) is 0 Å². The molecule has 4 heteroatoms. The van der Waals surface area contributed by atoms with E-state index in [1.54, 1.807) is 0 Å². The molecule has 4 nitrogen and oxygen atoms in total. The van der Waals surface area contributed by atoms with Crippen LogP contribution in [0.4, 0.5) is 0 Å². The Labute approximate surface area is 314 Å². The first-order valence-corrected chi connectivity index (χ1v) is 17.9. The number of nitriles is 1. The van der Waals surface area contributed by atoms with Gasteiger partial charge in [-0.05, 0) is 85.6 Å². The maximum absolute atomic E-state index is 9.26. The van der Waals surface area contributed by atoms with Crippen LogP contribution in [0.5, 0.6) is 0 Å². The number of hydrogen-bond donors (Lipinski definition) is 0. The van der Waals surface area contributed by atoms with Gasteiger partial charge in [-0.3, -0.25) is 0 Å². The Morgan fingerprint density at radius 1 is 0.315 bits per heavy atom. The highest BCUT2D eigenvalue weighted by atomic mass is 15.0. The molecular formula is C50H32N4. The molecule has 0 bridgehead atoms. The monoisotopic (exact) mass is 688 g/mol. The Balaban J connectivity index is 1.20. The van der Waals surface area contributed by atoms with Gasteiger partial charge in [0.15, 0.2) is 17.5 Å². The van der Waals surface area contributed by atoms with Crippen molar-refractivity contribution in [1.82, 2.24) is 15.0 Å². The molecule has 0 amide bonds. The Morgan fingerprint density at radius 3 is 1.33 bits per heavy atom. The third-order valence-corrected chi connectivity index (χ3v) is 9.78. The summed E-state index contributed by atoms with van der Waals surface area (Å²) in [6, 6.07) is 68.9. The summed E-state index contributed by atoms with van der Waals surface area (Å²) in [7, 11) is 0. The van der Waals surface area contributed by atoms with Crippen molar-refractivity contribution in [2.45, 2.75) is 0 Å². The number of rotatable bonds is 7. The minimum absolute atomic E-state index is 0.600. The molecular weight excluding hydrogens is 657 g/mol. The predicted molar refractivity (Wildman–Crippen MR) is 220 cm³/mol. The zero-order valence-corrected chi connectivity index (χ0v) is 29.3. The third-order valence-electron chi connectivity index (χ3n) is 9.78. The number of benzene rings is 8. The van der Waals surface area contributed by atoms with Crippen LogP contribution >= 0.6 is 0 Å². The SMILES string of the molecule is N#Cc1ccc(-c2ccc(-c3cc(-c4nc(-c5ccccc5)nc(-c5ccc(-c6ccccc6)cc5)n4)cc(-c4cccc5ccccc45)c3)cc2)cc1. The van der Waals surface area contributed by atoms with Gasteiger partial charge in [-0.25, -0.2) is 15.0 Å². The van der Waals surface area contributed by atoms with Crippen LogP contribution in [-0.4, -0.2) is 15.0 Å². The van der Waals surface area contributed by atoms with Crippen LogP contribution in [0.2, 0.25) is 0 Å². The lowest BCUT2D eigenvalue weighted by Crippen LogP contribution is -2.00. The van der Waals surface area contributed by atoms with Gasteiger partial charge in [0.1, 0.15) is 0 Å². The van der Waals surface area contributed by atoms with Gasteiger partial charge in [-0.1, -0.05) is 164 Å². The van der Waals surface area contributed by atoms with Gasteiger partial charge in [-0.2, -0.15) is 5.26 Å². The molecule has 9 aromatic rings. The molecule has 0 atom stereocenters. The fourth-order valence-corrected chi connectivity index (χ4v) is 6.94. The second-order valence-corrected chi connectivity index (χ2v) is 13.2. The maximum atomic E-state index is 9.26. The Bertz CT molecular complexity index is 2780. The van der Waals surface area contributed by atoms with Gasteiger partial charge < -0.3 is 0 Å². The first-order chi connectivity index (χ1) is 26.7. The Kier molecular flexibility index (Phi) is 8.57. The quantitative estimate of drug-likeness (QED) is 0.167. The molecule has 1 heterocycles. The van der Waals surface area contributed by atoms with Gasteiger partial charge in [0, 0.05) is 16.7 Å². The van der Waals surface area contributed by atoms with E-state index >= 15 is 0 Å². The van der Waals surface area contributed by atoms with Crippen LogP contribution in [0.15, 0.2) is 194 Å². The van der Waals surface area contributed by atoms with Crippen LogP contribution in [0, 0.1) is 11.3 Å². The van der Waals surface area contributed by atoms with Gasteiger partial charge in [0.25, 0.3) is 0 Å². The first-order valence-electron chi connectivity index (χ1n) is 17.9. The number of fused-ring (bicyclic) bond motifs is 1. The standard InChI is InChI=1S/C50H32N4/c51-33-34-18-20-36(21-19-34)38-22-24-39(25-23-38)43-30-44(47-17-9-15-40-12-7-8-16-46(40)47)32-45(31-43)50-53-48(41-13-5-2-6-14-41)52-49(54-50)42-28-26-37(27-29-42)35-10-3-1-4-11-35/h1-32H. The van der Waals surface area contributed by atoms with Crippen LogP contribution in [0.25, 0.3) is 89.4 Å². The molecule has 0 radical (unpaired) electrons. The van der Waals surface area contributed by atoms with E-state index in [1.807, 2.05) is 60.7 Å². The summed E-state index contributed by atoms with van der Waals surface area (Å²) in [5.41, 5.74) is 12.2. The fraction of sp³-hybridized carbons (Fsp3) is 0. The van der Waals surface area contributed by atoms with Gasteiger partial charge in [0.2, 0.25) is 0 Å². The minimum Gasteiger partial charge on any atom is -0.208 e. The van der Waals surface area contributed by atoms with Crippen molar-refractivity contribution in [2.75, 3.05) is 0 Å². The summed E-state index contributed by atoms with van der Waals surface area (Å²) in [6.45, 7) is 0. The zero-order chi connectivity index (χ0) is 36.3. The molecule has 8 aromatic carbocycles. The average Bonchev–Trinajstić information content (AvgIpc) is 3.26. The van der Waals surface area contributed by atoms with Crippen molar-refractivity contribution in [1.29, 1.82) is 5.26 Å². The van der Waals surface area contributed by atoms with E-state index in [1.165, 1.54) is 10.8 Å². The van der Waals surface area contributed by atoms with Crippen molar-refractivity contribution in [3.05, 3.63) is 200 Å². The lowest BCUT2D eigenvalue weighted by atomic mass is 9.92. The number of nitrogens with zero attached hydrogens (tertiary/aromatic N) is 4. The van der Waals surface area contributed by atoms with Gasteiger partial charge in [0.05, 0.1) is 11.6 Å². The summed E-state index contributed by atoms with van der Waals surface area (Å²) >= 11 is 0. The molecule has 0 spiro atoms. The van der Waals surface area contributed by atoms with Crippen LogP contribution in [-0.2, 0) is 0 Å². The van der Waals surface area contributed by atoms with E-state index in [0.717, 1.165) is 61.2 Å². The van der Waals surface area contributed by atoms with Crippen LogP contribution in [0.1, 0.15) is 5.56 Å². The molecule has 0 aliphatic heterocycles. The third kappa shape index (κ3) is 6.54. The van der Waals surface area contributed by atoms with E-state index < -0.39 is 0 Å². The number of aromatic nitrogens is 3. The molecule has 0 saturated heterocycles. The summed E-state index contributed by atoms with van der Waals surface area (Å²) in [4.78, 5) is 15.3. The van der Waals surface area contributed by atoms with Gasteiger partial charge >= 0.3 is 0 Å². The molecule has 9 rings (SSSR count). The van der Waals surface area contributed by atoms with E-state index in [9.17, 15) is 5.26 Å². The molecule has 0 fully saturated rings. The average molecular weight is 689 g/mol. The molecule has 0 unspecified atom stereocenters. The second-order valence-electron chi connectivity index (χ2n) is 13.2. The predicted octanol–water partition coefficient (Wildman–Crippen LogP) is 12.6. The molecule has 0 aliphatic rings. The summed E-state index contributed by atoms with van der Waals surface area (Å²) < 4.78 is 0. The molecule has 0 N–H and O–H groups in total. The highest BCUT2D eigenvalue weighted by molar-refractivity contribution is 5.98. The zero-order valence-electron chi connectivity index (χ0n) is 29.3. The maximum Gasteiger partial charge on any atom is 0.164 e.